The van der Waals surface area contributed by atoms with Crippen molar-refractivity contribution < 1.29 is 9.47 Å². The highest BCUT2D eigenvalue weighted by atomic mass is 16.5. The fourth-order valence-corrected chi connectivity index (χ4v) is 4.73. The summed E-state index contributed by atoms with van der Waals surface area (Å²) in [6, 6.07) is 18.2. The zero-order chi connectivity index (χ0) is 24.6. The number of likely N-dealkylation sites (N-methyl/N-ethyl adjacent to an activating group) is 1. The van der Waals surface area contributed by atoms with Crippen LogP contribution in [0.4, 0.5) is 5.82 Å². The van der Waals surface area contributed by atoms with Gasteiger partial charge in [0, 0.05) is 44.4 Å². The Kier molecular flexibility index (Phi) is 5.79. The van der Waals surface area contributed by atoms with Crippen LogP contribution in [0.5, 0.6) is 5.75 Å². The average molecular weight is 484 g/mol. The number of imidazole rings is 2. The number of piperazine rings is 1. The number of rotatable bonds is 6. The highest BCUT2D eigenvalue weighted by molar-refractivity contribution is 5.85. The Hall–Kier alpha value is -3.95. The number of hydrogen-bond donors (Lipinski definition) is 1. The van der Waals surface area contributed by atoms with E-state index in [1.54, 1.807) is 14.2 Å². The van der Waals surface area contributed by atoms with Crippen molar-refractivity contribution in [1.82, 2.24) is 29.4 Å². The molecule has 0 amide bonds. The molecule has 3 aliphatic rings. The molecule has 36 heavy (non-hydrogen) atoms. The van der Waals surface area contributed by atoms with E-state index < -0.39 is 0 Å². The van der Waals surface area contributed by atoms with Gasteiger partial charge in [-0.2, -0.15) is 0 Å². The Labute approximate surface area is 209 Å². The molecule has 3 aliphatic heterocycles. The van der Waals surface area contributed by atoms with Crippen molar-refractivity contribution in [3.8, 4) is 40.0 Å². The number of aromatic amines is 1. The Morgan fingerprint density at radius 3 is 2.39 bits per heavy atom. The second-order valence-corrected chi connectivity index (χ2v) is 9.13. The maximum Gasteiger partial charge on any atom is 0.162 e. The van der Waals surface area contributed by atoms with Gasteiger partial charge in [-0.25, -0.2) is 15.0 Å². The van der Waals surface area contributed by atoms with Crippen LogP contribution in [0.15, 0.2) is 54.6 Å². The second-order valence-electron chi connectivity index (χ2n) is 9.13. The van der Waals surface area contributed by atoms with E-state index in [2.05, 4.69) is 38.5 Å². The van der Waals surface area contributed by atoms with Crippen LogP contribution in [0.25, 0.3) is 45.3 Å². The molecule has 1 aromatic heterocycles. The predicted molar refractivity (Wildman–Crippen MR) is 140 cm³/mol. The van der Waals surface area contributed by atoms with Gasteiger partial charge in [-0.3, -0.25) is 4.57 Å². The van der Waals surface area contributed by atoms with Crippen molar-refractivity contribution >= 4 is 16.9 Å². The third kappa shape index (κ3) is 4.06. The van der Waals surface area contributed by atoms with Crippen molar-refractivity contribution in [2.75, 3.05) is 52.3 Å². The molecule has 0 atom stereocenters. The second kappa shape index (κ2) is 9.25. The number of pyridine rings is 1. The first-order valence-corrected chi connectivity index (χ1v) is 12.1. The van der Waals surface area contributed by atoms with Crippen LogP contribution < -0.4 is 9.64 Å². The molecule has 9 nitrogen and oxygen atoms in total. The number of H-pyrrole nitrogens is 1. The van der Waals surface area contributed by atoms with Gasteiger partial charge < -0.3 is 24.3 Å². The Balaban J connectivity index is 1.37. The molecule has 0 radical (unpaired) electrons. The molecule has 1 fully saturated rings. The van der Waals surface area contributed by atoms with Crippen molar-refractivity contribution in [3.63, 3.8) is 0 Å². The van der Waals surface area contributed by atoms with Crippen LogP contribution >= 0.6 is 0 Å². The summed E-state index contributed by atoms with van der Waals surface area (Å²) in [7, 11) is 5.51. The lowest BCUT2D eigenvalue weighted by Crippen LogP contribution is -2.44. The Morgan fingerprint density at radius 2 is 1.64 bits per heavy atom. The van der Waals surface area contributed by atoms with Crippen molar-refractivity contribution in [3.05, 3.63) is 54.6 Å². The lowest BCUT2D eigenvalue weighted by Gasteiger charge is -2.33. The van der Waals surface area contributed by atoms with Gasteiger partial charge in [-0.15, -0.1) is 0 Å². The third-order valence-electron chi connectivity index (χ3n) is 6.79. The van der Waals surface area contributed by atoms with Crippen LogP contribution in [0.2, 0.25) is 0 Å². The van der Waals surface area contributed by atoms with E-state index in [0.29, 0.717) is 12.6 Å². The number of fused-ring (bicyclic) bond motifs is 2. The summed E-state index contributed by atoms with van der Waals surface area (Å²) in [5.41, 5.74) is 4.64. The normalized spacial score (nSPS) is 14.7. The smallest absolute Gasteiger partial charge is 0.162 e. The van der Waals surface area contributed by atoms with Crippen molar-refractivity contribution in [2.24, 2.45) is 0 Å². The van der Waals surface area contributed by atoms with Crippen LogP contribution in [0.1, 0.15) is 0 Å². The molecular weight excluding hydrogens is 454 g/mol. The van der Waals surface area contributed by atoms with E-state index in [9.17, 15) is 0 Å². The first kappa shape index (κ1) is 22.5. The minimum atomic E-state index is 0.382. The number of ether oxygens (including phenoxy) is 2. The SMILES string of the molecule is COCn1c(-c2ccc(OC)cc2)nc2ccc(-c3nc4ccc(N5CCN(C)CC5)[nH]c-4n3)cc21. The minimum absolute atomic E-state index is 0.382. The van der Waals surface area contributed by atoms with Gasteiger partial charge in [0.15, 0.2) is 11.6 Å². The van der Waals surface area contributed by atoms with E-state index in [1.165, 1.54) is 0 Å². The number of hydrogen-bond acceptors (Lipinski definition) is 7. The van der Waals surface area contributed by atoms with Gasteiger partial charge in [0.2, 0.25) is 0 Å². The maximum atomic E-state index is 5.53. The fraction of sp³-hybridized carbons (Fsp3) is 0.296. The summed E-state index contributed by atoms with van der Waals surface area (Å²) >= 11 is 0. The summed E-state index contributed by atoms with van der Waals surface area (Å²) in [6.07, 6.45) is 0. The van der Waals surface area contributed by atoms with Crippen LogP contribution in [-0.2, 0) is 11.5 Å². The van der Waals surface area contributed by atoms with E-state index in [0.717, 1.165) is 77.2 Å². The van der Waals surface area contributed by atoms with Gasteiger partial charge in [0.25, 0.3) is 0 Å². The molecule has 4 heterocycles. The van der Waals surface area contributed by atoms with E-state index >= 15 is 0 Å². The number of nitrogens with one attached hydrogen (secondary N) is 1. The fourth-order valence-electron chi connectivity index (χ4n) is 4.73. The van der Waals surface area contributed by atoms with Crippen LogP contribution in [0.3, 0.4) is 0 Å². The zero-order valence-electron chi connectivity index (χ0n) is 20.7. The van der Waals surface area contributed by atoms with Crippen molar-refractivity contribution in [2.45, 2.75) is 6.73 Å². The summed E-state index contributed by atoms with van der Waals surface area (Å²) in [5, 5.41) is 0. The predicted octanol–water partition coefficient (Wildman–Crippen LogP) is 3.96. The number of nitrogens with zero attached hydrogens (tertiary/aromatic N) is 6. The van der Waals surface area contributed by atoms with Gasteiger partial charge in [-0.1, -0.05) is 0 Å². The standard InChI is InChI=1S/C27H29N7O2/c1-32-12-14-33(15-13-32)24-11-10-22-26(30-24)31-25(28-22)19-6-9-21-23(16-19)34(17-35-2)27(29-21)18-4-7-20(36-3)8-5-18/h4-11,16H,12-15,17H2,1-3H3,(H,28,30,31). The molecule has 3 aromatic rings. The number of aromatic nitrogens is 5. The number of benzene rings is 2. The topological polar surface area (TPSA) is 84.3 Å². The lowest BCUT2D eigenvalue weighted by atomic mass is 10.2. The zero-order valence-corrected chi connectivity index (χ0v) is 20.7. The molecule has 0 spiro atoms. The summed E-state index contributed by atoms with van der Waals surface area (Å²) in [5.74, 6) is 4.22. The molecule has 6 rings (SSSR count). The van der Waals surface area contributed by atoms with Gasteiger partial charge >= 0.3 is 0 Å². The maximum absolute atomic E-state index is 5.53. The van der Waals surface area contributed by atoms with E-state index in [4.69, 9.17) is 24.4 Å². The molecule has 184 valence electrons. The van der Waals surface area contributed by atoms with E-state index in [-0.39, 0.29) is 0 Å². The van der Waals surface area contributed by atoms with E-state index in [1.807, 2.05) is 42.5 Å². The van der Waals surface area contributed by atoms with Crippen LogP contribution in [0, 0.1) is 0 Å². The number of methoxy groups -OCH3 is 2. The number of anilines is 1. The molecule has 0 bridgehead atoms. The molecule has 2 aromatic carbocycles. The Morgan fingerprint density at radius 1 is 0.861 bits per heavy atom. The van der Waals surface area contributed by atoms with Crippen LogP contribution in [-0.4, -0.2) is 76.8 Å². The highest BCUT2D eigenvalue weighted by Crippen LogP contribution is 2.31. The van der Waals surface area contributed by atoms with Gasteiger partial charge in [0.1, 0.15) is 29.8 Å². The monoisotopic (exact) mass is 483 g/mol. The van der Waals surface area contributed by atoms with Gasteiger partial charge in [-0.05, 0) is 61.6 Å². The Bertz CT molecular complexity index is 1470. The molecule has 0 aliphatic carbocycles. The molecular formula is C27H29N7O2. The highest BCUT2D eigenvalue weighted by Gasteiger charge is 2.20. The first-order valence-electron chi connectivity index (χ1n) is 12.1. The lowest BCUT2D eigenvalue weighted by molar-refractivity contribution is 0.135. The quantitative estimate of drug-likeness (QED) is 0.391. The summed E-state index contributed by atoms with van der Waals surface area (Å²) in [6.45, 7) is 4.48. The average Bonchev–Trinajstić information content (AvgIpc) is 3.50. The molecule has 1 saturated heterocycles. The molecule has 1 N–H and O–H groups in total. The third-order valence-corrected chi connectivity index (χ3v) is 6.79. The summed E-state index contributed by atoms with van der Waals surface area (Å²) in [4.78, 5) is 22.7. The summed E-state index contributed by atoms with van der Waals surface area (Å²) < 4.78 is 12.9. The molecule has 0 saturated carbocycles. The molecule has 0 unspecified atom stereocenters. The minimum Gasteiger partial charge on any atom is -0.497 e. The first-order chi connectivity index (χ1) is 17.6. The van der Waals surface area contributed by atoms with Crippen molar-refractivity contribution in [1.29, 1.82) is 0 Å². The largest absolute Gasteiger partial charge is 0.497 e. The molecule has 9 heteroatoms. The van der Waals surface area contributed by atoms with Gasteiger partial charge in [0.05, 0.1) is 18.1 Å².